The molecule has 0 rings (SSSR count). The molecule has 0 aromatic carbocycles. The van der Waals surface area contributed by atoms with E-state index in [-0.39, 0.29) is 5.78 Å². The fourth-order valence-corrected chi connectivity index (χ4v) is 1.23. The Labute approximate surface area is 70.6 Å². The molecule has 0 atom stereocenters. The second-order valence-corrected chi connectivity index (χ2v) is 2.77. The summed E-state index contributed by atoms with van der Waals surface area (Å²) in [6, 6.07) is 0. The molecule has 0 spiro atoms. The first kappa shape index (κ1) is 9.89. The highest BCUT2D eigenvalue weighted by atomic mass is 79.9. The fourth-order valence-electron chi connectivity index (χ4n) is 0.611. The molecule has 0 saturated carbocycles. The molecule has 0 fully saturated rings. The molecule has 0 aliphatic rings. The van der Waals surface area contributed by atoms with Crippen molar-refractivity contribution in [3.8, 4) is 0 Å². The van der Waals surface area contributed by atoms with Gasteiger partial charge in [-0.05, 0) is 13.3 Å². The van der Waals surface area contributed by atoms with Crippen LogP contribution < -0.4 is 0 Å². The predicted molar refractivity (Wildman–Crippen MR) is 47.5 cm³/mol. The molecule has 0 bridgehead atoms. The molecule has 0 aliphatic carbocycles. The third-order valence-electron chi connectivity index (χ3n) is 1.28. The van der Waals surface area contributed by atoms with Gasteiger partial charge >= 0.3 is 0 Å². The molecule has 0 saturated heterocycles. The van der Waals surface area contributed by atoms with Gasteiger partial charge in [-0.1, -0.05) is 35.4 Å². The van der Waals surface area contributed by atoms with Crippen LogP contribution in [-0.2, 0) is 4.79 Å². The van der Waals surface area contributed by atoms with Crippen molar-refractivity contribution in [3.63, 3.8) is 0 Å². The average molecular weight is 205 g/mol. The van der Waals surface area contributed by atoms with Gasteiger partial charge in [0, 0.05) is 10.9 Å². The molecule has 0 radical (unpaired) electrons. The number of rotatable bonds is 4. The smallest absolute Gasteiger partial charge is 0.156 e. The molecule has 0 heterocycles. The quantitative estimate of drug-likeness (QED) is 0.509. The van der Waals surface area contributed by atoms with E-state index < -0.39 is 0 Å². The van der Waals surface area contributed by atoms with Crippen molar-refractivity contribution in [2.75, 3.05) is 5.33 Å². The molecule has 58 valence electrons. The summed E-state index contributed by atoms with van der Waals surface area (Å²) < 4.78 is 0. The van der Waals surface area contributed by atoms with Crippen LogP contribution in [0.5, 0.6) is 0 Å². The Morgan fingerprint density at radius 2 is 2.20 bits per heavy atom. The van der Waals surface area contributed by atoms with E-state index in [0.29, 0.717) is 5.33 Å². The van der Waals surface area contributed by atoms with E-state index in [0.717, 1.165) is 18.4 Å². The lowest BCUT2D eigenvalue weighted by Gasteiger charge is -1.95. The molecule has 2 heteroatoms. The van der Waals surface area contributed by atoms with Crippen LogP contribution in [0.2, 0.25) is 0 Å². The van der Waals surface area contributed by atoms with E-state index >= 15 is 0 Å². The summed E-state index contributed by atoms with van der Waals surface area (Å²) >= 11 is 3.26. The summed E-state index contributed by atoms with van der Waals surface area (Å²) in [4.78, 5) is 10.8. The van der Waals surface area contributed by atoms with Crippen LogP contribution in [0.15, 0.2) is 11.6 Å². The monoisotopic (exact) mass is 204 g/mol. The Bertz CT molecular complexity index is 138. The number of hydrogen-bond donors (Lipinski definition) is 0. The van der Waals surface area contributed by atoms with Crippen molar-refractivity contribution < 1.29 is 4.79 Å². The minimum atomic E-state index is 0.172. The third kappa shape index (κ3) is 3.83. The zero-order valence-corrected chi connectivity index (χ0v) is 8.07. The van der Waals surface area contributed by atoms with E-state index in [4.69, 9.17) is 0 Å². The van der Waals surface area contributed by atoms with Crippen LogP contribution >= 0.6 is 15.9 Å². The lowest BCUT2D eigenvalue weighted by Crippen LogP contribution is -1.96. The van der Waals surface area contributed by atoms with Crippen molar-refractivity contribution in [2.45, 2.75) is 26.7 Å². The molecule has 10 heavy (non-hydrogen) atoms. The summed E-state index contributed by atoms with van der Waals surface area (Å²) in [6.45, 7) is 3.70. The number of unbranched alkanes of at least 4 members (excludes halogenated alkanes) is 1. The number of carbonyl (C=O) groups is 1. The highest BCUT2D eigenvalue weighted by molar-refractivity contribution is 9.09. The molecule has 0 unspecified atom stereocenters. The van der Waals surface area contributed by atoms with Crippen LogP contribution in [0.3, 0.4) is 0 Å². The predicted octanol–water partition coefficient (Wildman–Crippen LogP) is 2.70. The van der Waals surface area contributed by atoms with Gasteiger partial charge in [-0.2, -0.15) is 0 Å². The molecular formula is C8H13BrO. The second kappa shape index (κ2) is 5.66. The summed E-state index contributed by atoms with van der Waals surface area (Å²) in [5.41, 5.74) is 0.891. The topological polar surface area (TPSA) is 17.1 Å². The first-order valence-corrected chi connectivity index (χ1v) is 4.60. The van der Waals surface area contributed by atoms with Crippen molar-refractivity contribution in [1.29, 1.82) is 0 Å². The lowest BCUT2D eigenvalue weighted by atomic mass is 10.1. The van der Waals surface area contributed by atoms with Gasteiger partial charge in [-0.3, -0.25) is 4.79 Å². The zero-order chi connectivity index (χ0) is 7.98. The molecule has 0 aromatic heterocycles. The van der Waals surface area contributed by atoms with Crippen molar-refractivity contribution in [2.24, 2.45) is 0 Å². The minimum absolute atomic E-state index is 0.172. The lowest BCUT2D eigenvalue weighted by molar-refractivity contribution is -0.113. The van der Waals surface area contributed by atoms with E-state index in [1.54, 1.807) is 6.92 Å². The number of carbonyl (C=O) groups excluding carboxylic acids is 1. The molecular weight excluding hydrogens is 192 g/mol. The maximum Gasteiger partial charge on any atom is 0.156 e. The summed E-state index contributed by atoms with van der Waals surface area (Å²) in [5.74, 6) is 0.172. The van der Waals surface area contributed by atoms with Crippen LogP contribution in [-0.4, -0.2) is 11.1 Å². The van der Waals surface area contributed by atoms with Gasteiger partial charge in [0.25, 0.3) is 0 Å². The van der Waals surface area contributed by atoms with Crippen molar-refractivity contribution >= 4 is 21.7 Å². The second-order valence-electron chi connectivity index (χ2n) is 2.21. The van der Waals surface area contributed by atoms with Gasteiger partial charge in [-0.25, -0.2) is 0 Å². The van der Waals surface area contributed by atoms with E-state index in [9.17, 15) is 4.79 Å². The van der Waals surface area contributed by atoms with Crippen molar-refractivity contribution in [3.05, 3.63) is 11.6 Å². The first-order chi connectivity index (χ1) is 4.72. The Morgan fingerprint density at radius 3 is 2.50 bits per heavy atom. The van der Waals surface area contributed by atoms with E-state index in [1.807, 2.05) is 6.08 Å². The third-order valence-corrected chi connectivity index (χ3v) is 1.88. The molecule has 0 amide bonds. The fraction of sp³-hybridized carbons (Fsp3) is 0.625. The van der Waals surface area contributed by atoms with Gasteiger partial charge in [0.1, 0.15) is 0 Å². The Kier molecular flexibility index (Phi) is 5.60. The van der Waals surface area contributed by atoms with Crippen molar-refractivity contribution in [1.82, 2.24) is 0 Å². The maximum absolute atomic E-state index is 10.8. The Balaban J connectivity index is 3.91. The van der Waals surface area contributed by atoms with Crippen LogP contribution in [0, 0.1) is 0 Å². The normalized spacial score (nSPS) is 11.7. The maximum atomic E-state index is 10.8. The molecule has 0 aliphatic heterocycles. The largest absolute Gasteiger partial charge is 0.295 e. The standard InChI is InChI=1S/C8H13BrO/c1-3-4-5-8(6-9)7(2)10/h5H,3-4,6H2,1-2H3/b8-5+. The minimum Gasteiger partial charge on any atom is -0.295 e. The number of alkyl halides is 1. The SMILES string of the molecule is CCC/C=C(\CBr)C(C)=O. The first-order valence-electron chi connectivity index (χ1n) is 3.48. The van der Waals surface area contributed by atoms with Crippen LogP contribution in [0.1, 0.15) is 26.7 Å². The van der Waals surface area contributed by atoms with E-state index in [1.165, 1.54) is 0 Å². The number of allylic oxidation sites excluding steroid dienone is 2. The molecule has 1 nitrogen and oxygen atoms in total. The molecule has 0 aromatic rings. The van der Waals surface area contributed by atoms with Gasteiger partial charge in [0.05, 0.1) is 0 Å². The van der Waals surface area contributed by atoms with E-state index in [2.05, 4.69) is 22.9 Å². The summed E-state index contributed by atoms with van der Waals surface area (Å²) in [6.07, 6.45) is 4.10. The Morgan fingerprint density at radius 1 is 1.60 bits per heavy atom. The van der Waals surface area contributed by atoms with Gasteiger partial charge < -0.3 is 0 Å². The highest BCUT2D eigenvalue weighted by Crippen LogP contribution is 2.03. The highest BCUT2D eigenvalue weighted by Gasteiger charge is 1.98. The number of halogens is 1. The summed E-state index contributed by atoms with van der Waals surface area (Å²) in [7, 11) is 0. The molecule has 0 N–H and O–H groups in total. The average Bonchev–Trinajstić information content (AvgIpc) is 1.89. The zero-order valence-electron chi connectivity index (χ0n) is 6.48. The van der Waals surface area contributed by atoms with Crippen LogP contribution in [0.25, 0.3) is 0 Å². The van der Waals surface area contributed by atoms with Gasteiger partial charge in [-0.15, -0.1) is 0 Å². The van der Waals surface area contributed by atoms with Gasteiger partial charge in [0.2, 0.25) is 0 Å². The number of hydrogen-bond acceptors (Lipinski definition) is 1. The van der Waals surface area contributed by atoms with Crippen LogP contribution in [0.4, 0.5) is 0 Å². The summed E-state index contributed by atoms with van der Waals surface area (Å²) in [5, 5.41) is 0.683. The van der Waals surface area contributed by atoms with Gasteiger partial charge in [0.15, 0.2) is 5.78 Å². The number of Topliss-reactive ketones (excluding diaryl/α,β-unsaturated/α-hetero) is 1. The Hall–Kier alpha value is -0.110. The number of ketones is 1.